The van der Waals surface area contributed by atoms with Gasteiger partial charge in [0.15, 0.2) is 0 Å². The average molecular weight is 206 g/mol. The van der Waals surface area contributed by atoms with Crippen molar-refractivity contribution in [3.05, 3.63) is 0 Å². The Labute approximate surface area is 83.5 Å². The molecule has 12 heavy (non-hydrogen) atoms. The number of carbonyl (C=O) groups excluding carboxylic acids is 1. The van der Waals surface area contributed by atoms with Gasteiger partial charge in [-0.05, 0) is 13.3 Å². The fraction of sp³-hybridized carbons (Fsp3) is 0.889. The summed E-state index contributed by atoms with van der Waals surface area (Å²) in [5, 5.41) is 0.175. The minimum absolute atomic E-state index is 0.175. The Balaban J connectivity index is 3.81. The minimum atomic E-state index is 0.175. The van der Waals surface area contributed by atoms with Crippen LogP contribution in [0.2, 0.25) is 0 Å². The molecule has 3 heteroatoms. The summed E-state index contributed by atoms with van der Waals surface area (Å²) in [6.45, 7) is 10.2. The van der Waals surface area contributed by atoms with Gasteiger partial charge in [0.1, 0.15) is 5.78 Å². The fourth-order valence-corrected chi connectivity index (χ4v) is 3.33. The molecule has 0 aromatic carbocycles. The molecule has 0 spiro atoms. The fourth-order valence-electron chi connectivity index (χ4n) is 0.626. The molecule has 1 atom stereocenters. The molecule has 0 rings (SSSR count). The van der Waals surface area contributed by atoms with E-state index in [2.05, 4.69) is 27.7 Å². The van der Waals surface area contributed by atoms with Crippen LogP contribution in [0, 0.1) is 0 Å². The zero-order valence-corrected chi connectivity index (χ0v) is 10.1. The van der Waals surface area contributed by atoms with Gasteiger partial charge >= 0.3 is 0 Å². The summed E-state index contributed by atoms with van der Waals surface area (Å²) in [6.07, 6.45) is 0.934. The van der Waals surface area contributed by atoms with Crippen LogP contribution in [-0.4, -0.2) is 15.8 Å². The van der Waals surface area contributed by atoms with Crippen LogP contribution in [-0.2, 0) is 4.79 Å². The minimum Gasteiger partial charge on any atom is -0.299 e. The van der Waals surface area contributed by atoms with Gasteiger partial charge < -0.3 is 0 Å². The lowest BCUT2D eigenvalue weighted by molar-refractivity contribution is -0.116. The Bertz CT molecular complexity index is 149. The lowest BCUT2D eigenvalue weighted by Gasteiger charge is -2.19. The SMILES string of the molecule is CCC(SSC(C)(C)C)C(C)=O. The van der Waals surface area contributed by atoms with Crippen molar-refractivity contribution in [2.24, 2.45) is 0 Å². The molecule has 0 saturated heterocycles. The van der Waals surface area contributed by atoms with Gasteiger partial charge in [0.25, 0.3) is 0 Å². The van der Waals surface area contributed by atoms with Crippen LogP contribution in [0.15, 0.2) is 0 Å². The Kier molecular flexibility index (Phi) is 5.34. The molecular weight excluding hydrogens is 188 g/mol. The maximum atomic E-state index is 11.1. The lowest BCUT2D eigenvalue weighted by Crippen LogP contribution is -2.13. The number of hydrogen-bond acceptors (Lipinski definition) is 3. The second-order valence-electron chi connectivity index (χ2n) is 3.80. The molecule has 0 aliphatic carbocycles. The molecule has 0 aliphatic heterocycles. The first-order valence-electron chi connectivity index (χ1n) is 4.21. The first kappa shape index (κ1) is 12.4. The van der Waals surface area contributed by atoms with E-state index in [4.69, 9.17) is 0 Å². The van der Waals surface area contributed by atoms with Crippen molar-refractivity contribution < 1.29 is 4.79 Å². The van der Waals surface area contributed by atoms with Crippen molar-refractivity contribution in [2.75, 3.05) is 0 Å². The largest absolute Gasteiger partial charge is 0.299 e. The lowest BCUT2D eigenvalue weighted by atomic mass is 10.2. The van der Waals surface area contributed by atoms with E-state index in [1.54, 1.807) is 28.5 Å². The molecule has 0 aliphatic rings. The molecule has 0 radical (unpaired) electrons. The topological polar surface area (TPSA) is 17.1 Å². The maximum absolute atomic E-state index is 11.1. The highest BCUT2D eigenvalue weighted by molar-refractivity contribution is 8.77. The molecular formula is C9H18OS2. The molecule has 0 heterocycles. The van der Waals surface area contributed by atoms with E-state index >= 15 is 0 Å². The number of Topliss-reactive ketones (excluding diaryl/α,β-unsaturated/α-hetero) is 1. The number of carbonyl (C=O) groups is 1. The zero-order valence-electron chi connectivity index (χ0n) is 8.51. The second kappa shape index (κ2) is 5.18. The summed E-state index contributed by atoms with van der Waals surface area (Å²) in [7, 11) is 3.49. The third-order valence-corrected chi connectivity index (χ3v) is 5.22. The molecule has 0 fully saturated rings. The molecule has 0 bridgehead atoms. The summed E-state index contributed by atoms with van der Waals surface area (Å²) < 4.78 is 0.244. The summed E-state index contributed by atoms with van der Waals surface area (Å²) in [5.74, 6) is 0.291. The number of rotatable bonds is 4. The quantitative estimate of drug-likeness (QED) is 0.655. The predicted octanol–water partition coefficient (Wildman–Crippen LogP) is 3.53. The molecule has 72 valence electrons. The normalized spacial score (nSPS) is 14.4. The van der Waals surface area contributed by atoms with Crippen molar-refractivity contribution in [3.8, 4) is 0 Å². The van der Waals surface area contributed by atoms with E-state index in [0.29, 0.717) is 5.78 Å². The van der Waals surface area contributed by atoms with Crippen LogP contribution in [0.1, 0.15) is 41.0 Å². The highest BCUT2D eigenvalue weighted by Gasteiger charge is 2.18. The van der Waals surface area contributed by atoms with E-state index in [9.17, 15) is 4.79 Å². The van der Waals surface area contributed by atoms with Gasteiger partial charge in [0.05, 0.1) is 5.25 Å². The molecule has 1 unspecified atom stereocenters. The molecule has 0 aromatic rings. The van der Waals surface area contributed by atoms with E-state index in [1.807, 2.05) is 0 Å². The van der Waals surface area contributed by atoms with E-state index < -0.39 is 0 Å². The summed E-state index contributed by atoms with van der Waals surface area (Å²) in [5.41, 5.74) is 0. The maximum Gasteiger partial charge on any atom is 0.143 e. The third kappa shape index (κ3) is 5.95. The van der Waals surface area contributed by atoms with Crippen LogP contribution >= 0.6 is 21.6 Å². The van der Waals surface area contributed by atoms with E-state index in [1.165, 1.54) is 0 Å². The summed E-state index contributed by atoms with van der Waals surface area (Å²) in [6, 6.07) is 0. The number of ketones is 1. The van der Waals surface area contributed by atoms with Crippen LogP contribution in [0.4, 0.5) is 0 Å². The van der Waals surface area contributed by atoms with Crippen molar-refractivity contribution in [1.29, 1.82) is 0 Å². The van der Waals surface area contributed by atoms with Gasteiger partial charge in [-0.3, -0.25) is 4.79 Å². The van der Waals surface area contributed by atoms with Crippen LogP contribution in [0.5, 0.6) is 0 Å². The smallest absolute Gasteiger partial charge is 0.143 e. The Morgan fingerprint density at radius 1 is 1.42 bits per heavy atom. The van der Waals surface area contributed by atoms with Gasteiger partial charge in [0.2, 0.25) is 0 Å². The van der Waals surface area contributed by atoms with E-state index in [-0.39, 0.29) is 10.00 Å². The van der Waals surface area contributed by atoms with Crippen molar-refractivity contribution in [2.45, 2.75) is 51.0 Å². The van der Waals surface area contributed by atoms with Gasteiger partial charge in [-0.15, -0.1) is 0 Å². The van der Waals surface area contributed by atoms with Crippen molar-refractivity contribution >= 4 is 27.4 Å². The predicted molar refractivity (Wildman–Crippen MR) is 59.7 cm³/mol. The zero-order chi connectivity index (χ0) is 9.78. The Morgan fingerprint density at radius 2 is 1.92 bits per heavy atom. The Morgan fingerprint density at radius 3 is 2.17 bits per heavy atom. The van der Waals surface area contributed by atoms with Crippen molar-refractivity contribution in [1.82, 2.24) is 0 Å². The summed E-state index contributed by atoms with van der Waals surface area (Å²) >= 11 is 0. The van der Waals surface area contributed by atoms with Gasteiger partial charge in [-0.25, -0.2) is 0 Å². The van der Waals surface area contributed by atoms with Gasteiger partial charge in [0, 0.05) is 4.75 Å². The Hall–Kier alpha value is 0.370. The monoisotopic (exact) mass is 206 g/mol. The standard InChI is InChI=1S/C9H18OS2/c1-6-8(7(2)10)11-12-9(3,4)5/h8H,6H2,1-5H3. The van der Waals surface area contributed by atoms with Crippen LogP contribution in [0.3, 0.4) is 0 Å². The van der Waals surface area contributed by atoms with Crippen LogP contribution in [0.25, 0.3) is 0 Å². The van der Waals surface area contributed by atoms with E-state index in [0.717, 1.165) is 6.42 Å². The van der Waals surface area contributed by atoms with Crippen LogP contribution < -0.4 is 0 Å². The third-order valence-electron chi connectivity index (χ3n) is 1.24. The van der Waals surface area contributed by atoms with Crippen molar-refractivity contribution in [3.63, 3.8) is 0 Å². The molecule has 0 saturated carbocycles. The second-order valence-corrected chi connectivity index (χ2v) is 7.03. The molecule has 1 nitrogen and oxygen atoms in total. The number of hydrogen-bond donors (Lipinski definition) is 0. The molecule has 0 amide bonds. The first-order chi connectivity index (χ1) is 5.37. The molecule has 0 aromatic heterocycles. The first-order valence-corrected chi connectivity index (χ1v) is 6.43. The highest BCUT2D eigenvalue weighted by Crippen LogP contribution is 2.39. The highest BCUT2D eigenvalue weighted by atomic mass is 33.1. The molecule has 0 N–H and O–H groups in total. The van der Waals surface area contributed by atoms with Gasteiger partial charge in [-0.2, -0.15) is 0 Å². The summed E-state index contributed by atoms with van der Waals surface area (Å²) in [4.78, 5) is 11.1. The average Bonchev–Trinajstić information content (AvgIpc) is 1.85. The van der Waals surface area contributed by atoms with Gasteiger partial charge in [-0.1, -0.05) is 49.3 Å².